The number of hydrogen-bond acceptors (Lipinski definition) is 3. The van der Waals surface area contributed by atoms with Crippen LogP contribution in [0.3, 0.4) is 0 Å². The Balaban J connectivity index is 2.23. The van der Waals surface area contributed by atoms with Gasteiger partial charge in [0.2, 0.25) is 0 Å². The number of pyridine rings is 1. The third-order valence-electron chi connectivity index (χ3n) is 2.29. The van der Waals surface area contributed by atoms with Gasteiger partial charge in [0.1, 0.15) is 11.5 Å². The minimum Gasteiger partial charge on any atom is -0.334 e. The molecule has 2 rings (SSSR count). The molecule has 17 heavy (non-hydrogen) atoms. The average Bonchev–Trinajstić information content (AvgIpc) is 2.72. The van der Waals surface area contributed by atoms with Crippen molar-refractivity contribution in [3.8, 4) is 0 Å². The summed E-state index contributed by atoms with van der Waals surface area (Å²) in [5, 5.41) is 2.70. The first-order valence-electron chi connectivity index (χ1n) is 5.24. The topological polar surface area (TPSA) is 73.6 Å². The van der Waals surface area contributed by atoms with E-state index in [0.29, 0.717) is 22.7 Å². The molecule has 1 amide bonds. The molecular weight excluding hydrogens is 236 g/mol. The Bertz CT molecular complexity index is 573. The molecule has 0 bridgehead atoms. The summed E-state index contributed by atoms with van der Waals surface area (Å²) >= 11 is 4.96. The van der Waals surface area contributed by atoms with Crippen LogP contribution >= 0.6 is 12.2 Å². The van der Waals surface area contributed by atoms with Gasteiger partial charge in [-0.25, -0.2) is 4.98 Å². The van der Waals surface area contributed by atoms with Crippen molar-refractivity contribution in [2.75, 3.05) is 5.32 Å². The highest BCUT2D eigenvalue weighted by Crippen LogP contribution is 2.08. The highest BCUT2D eigenvalue weighted by atomic mass is 32.1. The van der Waals surface area contributed by atoms with Crippen molar-refractivity contribution in [2.45, 2.75) is 13.3 Å². The van der Waals surface area contributed by atoms with E-state index in [9.17, 15) is 4.79 Å². The molecule has 0 unspecified atom stereocenters. The molecule has 2 heterocycles. The Morgan fingerprint density at radius 3 is 2.94 bits per heavy atom. The molecule has 0 aromatic carbocycles. The van der Waals surface area contributed by atoms with Gasteiger partial charge in [0, 0.05) is 11.9 Å². The van der Waals surface area contributed by atoms with E-state index >= 15 is 0 Å². The van der Waals surface area contributed by atoms with E-state index in [1.807, 2.05) is 13.0 Å². The highest BCUT2D eigenvalue weighted by Gasteiger charge is 2.13. The van der Waals surface area contributed by atoms with Crippen molar-refractivity contribution in [1.82, 2.24) is 15.0 Å². The second-order valence-corrected chi connectivity index (χ2v) is 3.86. The van der Waals surface area contributed by atoms with Crippen LogP contribution in [0.2, 0.25) is 0 Å². The molecule has 5 nitrogen and oxygen atoms in total. The molecule has 6 heteroatoms. The lowest BCUT2D eigenvalue weighted by atomic mass is 10.2. The first kappa shape index (κ1) is 11.5. The van der Waals surface area contributed by atoms with E-state index in [2.05, 4.69) is 20.3 Å². The molecule has 0 aliphatic carbocycles. The molecule has 0 aliphatic heterocycles. The summed E-state index contributed by atoms with van der Waals surface area (Å²) in [6.45, 7) is 1.95. The second-order valence-electron chi connectivity index (χ2n) is 3.46. The third kappa shape index (κ3) is 2.59. The minimum absolute atomic E-state index is 0.243. The number of amides is 1. The van der Waals surface area contributed by atoms with Crippen LogP contribution in [0.5, 0.6) is 0 Å². The number of hydrogen-bond donors (Lipinski definition) is 3. The lowest BCUT2D eigenvalue weighted by molar-refractivity contribution is 0.102. The number of carbonyl (C=O) groups excluding carboxylic acids is 1. The molecular formula is C11H12N4OS. The van der Waals surface area contributed by atoms with Crippen LogP contribution in [0.1, 0.15) is 23.1 Å². The minimum atomic E-state index is -0.243. The molecule has 88 valence electrons. The number of imidazole rings is 1. The number of rotatable bonds is 3. The van der Waals surface area contributed by atoms with E-state index in [-0.39, 0.29) is 5.91 Å². The molecule has 0 aliphatic rings. The maximum Gasteiger partial charge on any atom is 0.275 e. The Kier molecular flexibility index (Phi) is 3.34. The molecule has 3 N–H and O–H groups in total. The van der Waals surface area contributed by atoms with Crippen molar-refractivity contribution in [1.29, 1.82) is 0 Å². The summed E-state index contributed by atoms with van der Waals surface area (Å²) in [7, 11) is 0. The van der Waals surface area contributed by atoms with E-state index in [1.54, 1.807) is 18.3 Å². The van der Waals surface area contributed by atoms with Crippen molar-refractivity contribution in [3.63, 3.8) is 0 Å². The second kappa shape index (κ2) is 4.92. The first-order valence-corrected chi connectivity index (χ1v) is 5.65. The summed E-state index contributed by atoms with van der Waals surface area (Å²) in [5.41, 5.74) is 1.26. The Morgan fingerprint density at radius 2 is 2.29 bits per heavy atom. The predicted molar refractivity (Wildman–Crippen MR) is 67.5 cm³/mol. The molecule has 0 saturated carbocycles. The maximum absolute atomic E-state index is 12.0. The van der Waals surface area contributed by atoms with Crippen LogP contribution in [-0.4, -0.2) is 20.9 Å². The Hall–Kier alpha value is -1.95. The summed E-state index contributed by atoms with van der Waals surface area (Å²) < 4.78 is 0.452. The van der Waals surface area contributed by atoms with Gasteiger partial charge in [0.25, 0.3) is 5.91 Å². The molecule has 0 radical (unpaired) electrons. The van der Waals surface area contributed by atoms with Crippen molar-refractivity contribution >= 4 is 23.9 Å². The van der Waals surface area contributed by atoms with Gasteiger partial charge in [-0.15, -0.1) is 0 Å². The standard InChI is InChI=1S/C11H12N4OS/c1-2-7-9(15-11(17)13-7)10(16)14-8-5-3-4-6-12-8/h3-6H,2H2,1H3,(H,12,14,16)(H2,13,15,17). The lowest BCUT2D eigenvalue weighted by Crippen LogP contribution is -2.15. The quantitative estimate of drug-likeness (QED) is 0.729. The number of anilines is 1. The summed E-state index contributed by atoms with van der Waals surface area (Å²) in [5.74, 6) is 0.271. The molecule has 0 spiro atoms. The fraction of sp³-hybridized carbons (Fsp3) is 0.182. The van der Waals surface area contributed by atoms with E-state index in [1.165, 1.54) is 0 Å². The lowest BCUT2D eigenvalue weighted by Gasteiger charge is -2.03. The number of nitrogens with zero attached hydrogens (tertiary/aromatic N) is 1. The van der Waals surface area contributed by atoms with Crippen molar-refractivity contribution < 1.29 is 4.79 Å². The largest absolute Gasteiger partial charge is 0.334 e. The van der Waals surface area contributed by atoms with Crippen molar-refractivity contribution in [2.24, 2.45) is 0 Å². The highest BCUT2D eigenvalue weighted by molar-refractivity contribution is 7.71. The van der Waals surface area contributed by atoms with Crippen LogP contribution in [0.15, 0.2) is 24.4 Å². The molecule has 2 aromatic heterocycles. The molecule has 0 atom stereocenters. The van der Waals surface area contributed by atoms with Gasteiger partial charge in [-0.3, -0.25) is 4.79 Å². The smallest absolute Gasteiger partial charge is 0.275 e. The fourth-order valence-corrected chi connectivity index (χ4v) is 1.72. The molecule has 2 aromatic rings. The van der Waals surface area contributed by atoms with E-state index in [4.69, 9.17) is 12.2 Å². The predicted octanol–water partition coefficient (Wildman–Crippen LogP) is 2.28. The number of aryl methyl sites for hydroxylation is 1. The number of aromatic amines is 2. The summed E-state index contributed by atoms with van der Waals surface area (Å²) in [6.07, 6.45) is 2.33. The normalized spacial score (nSPS) is 10.2. The van der Waals surface area contributed by atoms with Crippen LogP contribution < -0.4 is 5.32 Å². The Morgan fingerprint density at radius 1 is 1.47 bits per heavy atom. The van der Waals surface area contributed by atoms with Gasteiger partial charge >= 0.3 is 0 Å². The van der Waals surface area contributed by atoms with E-state index in [0.717, 1.165) is 5.69 Å². The molecule has 0 saturated heterocycles. The SMILES string of the molecule is CCc1[nH]c(=S)[nH]c1C(=O)Nc1ccccn1. The number of carbonyl (C=O) groups is 1. The third-order valence-corrected chi connectivity index (χ3v) is 2.50. The average molecular weight is 248 g/mol. The molecule has 0 fully saturated rings. The van der Waals surface area contributed by atoms with Gasteiger partial charge in [-0.1, -0.05) is 13.0 Å². The van der Waals surface area contributed by atoms with Gasteiger partial charge in [0.05, 0.1) is 0 Å². The number of H-pyrrole nitrogens is 2. The number of aromatic nitrogens is 3. The van der Waals surface area contributed by atoms with Gasteiger partial charge in [-0.2, -0.15) is 0 Å². The van der Waals surface area contributed by atoms with Gasteiger partial charge < -0.3 is 15.3 Å². The zero-order valence-electron chi connectivity index (χ0n) is 9.28. The Labute approximate surface area is 103 Å². The van der Waals surface area contributed by atoms with Crippen LogP contribution in [0, 0.1) is 4.77 Å². The maximum atomic E-state index is 12.0. The zero-order valence-corrected chi connectivity index (χ0v) is 10.1. The monoisotopic (exact) mass is 248 g/mol. The zero-order chi connectivity index (χ0) is 12.3. The fourth-order valence-electron chi connectivity index (χ4n) is 1.49. The number of nitrogens with one attached hydrogen (secondary N) is 3. The van der Waals surface area contributed by atoms with Crippen molar-refractivity contribution in [3.05, 3.63) is 40.6 Å². The van der Waals surface area contributed by atoms with Gasteiger partial charge in [0.15, 0.2) is 4.77 Å². The van der Waals surface area contributed by atoms with Crippen LogP contribution in [0.4, 0.5) is 5.82 Å². The first-order chi connectivity index (χ1) is 8.20. The summed E-state index contributed by atoms with van der Waals surface area (Å²) in [6, 6.07) is 5.32. The van der Waals surface area contributed by atoms with E-state index < -0.39 is 0 Å². The van der Waals surface area contributed by atoms with Gasteiger partial charge in [-0.05, 0) is 30.8 Å². The summed E-state index contributed by atoms with van der Waals surface area (Å²) in [4.78, 5) is 21.8. The van der Waals surface area contributed by atoms with Crippen LogP contribution in [0.25, 0.3) is 0 Å². The van der Waals surface area contributed by atoms with Crippen LogP contribution in [-0.2, 0) is 6.42 Å².